The van der Waals surface area contributed by atoms with Crippen molar-refractivity contribution < 1.29 is 9.59 Å². The number of pyridine rings is 1. The number of H-pyrrole nitrogens is 1. The van der Waals surface area contributed by atoms with Crippen LogP contribution in [0.15, 0.2) is 60.3 Å². The van der Waals surface area contributed by atoms with Crippen LogP contribution < -0.4 is 10.6 Å². The Morgan fingerprint density at radius 2 is 1.97 bits per heavy atom. The van der Waals surface area contributed by atoms with Crippen molar-refractivity contribution in [2.45, 2.75) is 20.3 Å². The molecule has 0 atom stereocenters. The van der Waals surface area contributed by atoms with Crippen LogP contribution in [0.1, 0.15) is 29.9 Å². The normalized spacial score (nSPS) is 12.7. The maximum atomic E-state index is 12.2. The number of anilines is 1. The summed E-state index contributed by atoms with van der Waals surface area (Å²) >= 11 is 0. The van der Waals surface area contributed by atoms with Crippen molar-refractivity contribution in [2.75, 3.05) is 11.9 Å². The molecule has 3 aromatic rings. The largest absolute Gasteiger partial charge is 0.358 e. The van der Waals surface area contributed by atoms with Crippen molar-refractivity contribution in [3.05, 3.63) is 71.6 Å². The highest BCUT2D eigenvalue weighted by molar-refractivity contribution is 6.02. The van der Waals surface area contributed by atoms with E-state index >= 15 is 0 Å². The third kappa shape index (κ3) is 3.96. The zero-order valence-corrected chi connectivity index (χ0v) is 16.4. The second kappa shape index (κ2) is 7.75. The zero-order valence-electron chi connectivity index (χ0n) is 16.4. The van der Waals surface area contributed by atoms with Gasteiger partial charge in [0.2, 0.25) is 5.91 Å². The average molecular weight is 386 g/mol. The fourth-order valence-corrected chi connectivity index (χ4v) is 3.44. The Balaban J connectivity index is 1.69. The molecule has 29 heavy (non-hydrogen) atoms. The second-order valence-corrected chi connectivity index (χ2v) is 7.27. The molecule has 0 bridgehead atoms. The van der Waals surface area contributed by atoms with Crippen LogP contribution in [0.3, 0.4) is 0 Å². The molecule has 146 valence electrons. The van der Waals surface area contributed by atoms with Gasteiger partial charge < -0.3 is 15.6 Å². The van der Waals surface area contributed by atoms with E-state index in [1.165, 1.54) is 0 Å². The summed E-state index contributed by atoms with van der Waals surface area (Å²) in [6.45, 7) is 4.41. The van der Waals surface area contributed by atoms with Gasteiger partial charge in [-0.15, -0.1) is 0 Å². The van der Waals surface area contributed by atoms with Crippen LogP contribution >= 0.6 is 0 Å². The highest BCUT2D eigenvalue weighted by Crippen LogP contribution is 2.30. The lowest BCUT2D eigenvalue weighted by molar-refractivity contribution is -0.111. The summed E-state index contributed by atoms with van der Waals surface area (Å²) in [5.74, 6) is -0.216. The molecular weight excluding hydrogens is 364 g/mol. The van der Waals surface area contributed by atoms with Crippen molar-refractivity contribution in [1.29, 1.82) is 0 Å². The Labute approximate surface area is 169 Å². The summed E-state index contributed by atoms with van der Waals surface area (Å²) in [6.07, 6.45) is 4.09. The first-order valence-electron chi connectivity index (χ1n) is 9.53. The first-order chi connectivity index (χ1) is 14.0. The summed E-state index contributed by atoms with van der Waals surface area (Å²) in [5.41, 5.74) is 6.66. The van der Waals surface area contributed by atoms with Crippen molar-refractivity contribution in [3.8, 4) is 22.5 Å². The topological polar surface area (TPSA) is 86.9 Å². The number of nitrogens with one attached hydrogen (secondary N) is 3. The first kappa shape index (κ1) is 18.7. The van der Waals surface area contributed by atoms with Crippen LogP contribution in [0.25, 0.3) is 22.5 Å². The van der Waals surface area contributed by atoms with E-state index in [2.05, 4.69) is 20.6 Å². The lowest BCUT2D eigenvalue weighted by Gasteiger charge is -2.11. The van der Waals surface area contributed by atoms with Gasteiger partial charge in [0, 0.05) is 47.8 Å². The summed E-state index contributed by atoms with van der Waals surface area (Å²) in [5, 5.41) is 5.79. The Morgan fingerprint density at radius 1 is 1.14 bits per heavy atom. The van der Waals surface area contributed by atoms with Gasteiger partial charge in [-0.05, 0) is 38.1 Å². The number of aromatic nitrogens is 2. The average Bonchev–Trinajstić information content (AvgIpc) is 3.14. The van der Waals surface area contributed by atoms with Crippen LogP contribution in [0.2, 0.25) is 0 Å². The molecule has 0 radical (unpaired) electrons. The Kier molecular flexibility index (Phi) is 4.99. The van der Waals surface area contributed by atoms with Gasteiger partial charge in [-0.1, -0.05) is 23.8 Å². The maximum absolute atomic E-state index is 12.2. The van der Waals surface area contributed by atoms with Crippen LogP contribution in [0.5, 0.6) is 0 Å². The Hall–Kier alpha value is -3.67. The Bertz CT molecular complexity index is 1120. The summed E-state index contributed by atoms with van der Waals surface area (Å²) in [4.78, 5) is 32.1. The molecule has 0 saturated carbocycles. The number of hydrogen-bond acceptors (Lipinski definition) is 3. The molecule has 2 amide bonds. The molecule has 3 heterocycles. The third-order valence-corrected chi connectivity index (χ3v) is 4.76. The smallest absolute Gasteiger partial charge is 0.253 e. The summed E-state index contributed by atoms with van der Waals surface area (Å²) < 4.78 is 0. The molecule has 0 unspecified atom stereocenters. The standard InChI is InChI=1S/C23H22N4O2/c1-14(2)11-22(28)27-18-6-4-3-5-16(18)21-12-15(7-9-24-21)20-13-17-19(26-20)8-10-25-23(17)29/h3-7,9,11-13,26H,8,10H2,1-2H3,(H,25,29)(H,27,28). The SMILES string of the molecule is CC(C)=CC(=O)Nc1ccccc1-c1cc(-c2cc3c([nH]2)CCNC3=O)ccn1. The van der Waals surface area contributed by atoms with E-state index in [-0.39, 0.29) is 11.8 Å². The maximum Gasteiger partial charge on any atom is 0.253 e. The number of amides is 2. The fourth-order valence-electron chi connectivity index (χ4n) is 3.44. The van der Waals surface area contributed by atoms with E-state index in [1.807, 2.05) is 56.3 Å². The van der Waals surface area contributed by atoms with E-state index in [9.17, 15) is 9.59 Å². The lowest BCUT2D eigenvalue weighted by atomic mass is 10.0. The summed E-state index contributed by atoms with van der Waals surface area (Å²) in [6, 6.07) is 13.3. The van der Waals surface area contributed by atoms with Gasteiger partial charge in [0.25, 0.3) is 5.91 Å². The van der Waals surface area contributed by atoms with Gasteiger partial charge in [-0.2, -0.15) is 0 Å². The highest BCUT2D eigenvalue weighted by atomic mass is 16.2. The van der Waals surface area contributed by atoms with Crippen LogP contribution in [0.4, 0.5) is 5.69 Å². The molecule has 0 fully saturated rings. The molecule has 0 aliphatic carbocycles. The molecular formula is C23H22N4O2. The zero-order chi connectivity index (χ0) is 20.4. The Morgan fingerprint density at radius 3 is 2.76 bits per heavy atom. The third-order valence-electron chi connectivity index (χ3n) is 4.76. The van der Waals surface area contributed by atoms with E-state index in [0.29, 0.717) is 17.8 Å². The van der Waals surface area contributed by atoms with Gasteiger partial charge in [-0.3, -0.25) is 14.6 Å². The molecule has 1 aromatic carbocycles. The van der Waals surface area contributed by atoms with Crippen molar-refractivity contribution in [1.82, 2.24) is 15.3 Å². The fraction of sp³-hybridized carbons (Fsp3) is 0.174. The molecule has 6 nitrogen and oxygen atoms in total. The number of aromatic amines is 1. The number of para-hydroxylation sites is 1. The molecule has 2 aromatic heterocycles. The quantitative estimate of drug-likeness (QED) is 0.594. The predicted molar refractivity (Wildman–Crippen MR) is 114 cm³/mol. The number of carbonyl (C=O) groups is 2. The molecule has 4 rings (SSSR count). The van der Waals surface area contributed by atoms with Gasteiger partial charge in [0.05, 0.1) is 16.9 Å². The monoisotopic (exact) mass is 386 g/mol. The minimum atomic E-state index is -0.170. The number of fused-ring (bicyclic) bond motifs is 1. The number of nitrogens with zero attached hydrogens (tertiary/aromatic N) is 1. The molecule has 6 heteroatoms. The van der Waals surface area contributed by atoms with E-state index in [0.717, 1.165) is 40.2 Å². The van der Waals surface area contributed by atoms with Gasteiger partial charge in [0.15, 0.2) is 0 Å². The van der Waals surface area contributed by atoms with Crippen molar-refractivity contribution >= 4 is 17.5 Å². The van der Waals surface area contributed by atoms with Crippen LogP contribution in [-0.4, -0.2) is 28.3 Å². The molecule has 0 saturated heterocycles. The van der Waals surface area contributed by atoms with Crippen molar-refractivity contribution in [3.63, 3.8) is 0 Å². The molecule has 0 spiro atoms. The van der Waals surface area contributed by atoms with Gasteiger partial charge in [0.1, 0.15) is 0 Å². The van der Waals surface area contributed by atoms with E-state index < -0.39 is 0 Å². The first-order valence-corrected chi connectivity index (χ1v) is 9.53. The number of hydrogen-bond donors (Lipinski definition) is 3. The number of benzene rings is 1. The second-order valence-electron chi connectivity index (χ2n) is 7.27. The molecule has 3 N–H and O–H groups in total. The number of rotatable bonds is 4. The van der Waals surface area contributed by atoms with Crippen LogP contribution in [0, 0.1) is 0 Å². The van der Waals surface area contributed by atoms with Gasteiger partial charge in [-0.25, -0.2) is 0 Å². The lowest BCUT2D eigenvalue weighted by Crippen LogP contribution is -2.31. The van der Waals surface area contributed by atoms with Crippen LogP contribution in [-0.2, 0) is 11.2 Å². The highest BCUT2D eigenvalue weighted by Gasteiger charge is 2.20. The minimum absolute atomic E-state index is 0.0460. The molecule has 1 aliphatic rings. The number of carbonyl (C=O) groups excluding carboxylic acids is 2. The number of allylic oxidation sites excluding steroid dienone is 1. The predicted octanol–water partition coefficient (Wildman–Crippen LogP) is 3.93. The molecule has 1 aliphatic heterocycles. The van der Waals surface area contributed by atoms with E-state index in [1.54, 1.807) is 12.3 Å². The van der Waals surface area contributed by atoms with E-state index in [4.69, 9.17) is 0 Å². The van der Waals surface area contributed by atoms with Crippen molar-refractivity contribution in [2.24, 2.45) is 0 Å². The minimum Gasteiger partial charge on any atom is -0.358 e. The van der Waals surface area contributed by atoms with Gasteiger partial charge >= 0.3 is 0 Å². The summed E-state index contributed by atoms with van der Waals surface area (Å²) in [7, 11) is 0.